The molecule has 1 aliphatic rings. The van der Waals surface area contributed by atoms with E-state index in [0.29, 0.717) is 38.6 Å². The molecule has 2 heterocycles. The van der Waals surface area contributed by atoms with Crippen LogP contribution in [-0.2, 0) is 29.1 Å². The van der Waals surface area contributed by atoms with E-state index < -0.39 is 63.1 Å². The Labute approximate surface area is 275 Å². The Morgan fingerprint density at radius 2 is 1.79 bits per heavy atom. The lowest BCUT2D eigenvalue weighted by Crippen LogP contribution is -2.56. The number of nitrogens with two attached hydrogens (primary N) is 1. The zero-order valence-electron chi connectivity index (χ0n) is 27.4. The van der Waals surface area contributed by atoms with E-state index >= 15 is 0 Å². The van der Waals surface area contributed by atoms with Crippen molar-refractivity contribution >= 4 is 38.7 Å². The van der Waals surface area contributed by atoms with E-state index in [4.69, 9.17) is 10.5 Å². The minimum absolute atomic E-state index is 0.0620. The minimum atomic E-state index is -3.97. The molecule has 1 aromatic heterocycles. The van der Waals surface area contributed by atoms with E-state index in [2.05, 4.69) is 15.6 Å². The summed E-state index contributed by atoms with van der Waals surface area (Å²) in [6.07, 6.45) is 4.17. The second kappa shape index (κ2) is 15.4. The van der Waals surface area contributed by atoms with Crippen LogP contribution in [0.2, 0.25) is 0 Å². The van der Waals surface area contributed by atoms with E-state index in [0.717, 1.165) is 28.6 Å². The summed E-state index contributed by atoms with van der Waals surface area (Å²) in [5, 5.41) is 6.63. The molecular formula is C34H46FN5O6S. The van der Waals surface area contributed by atoms with Crippen LogP contribution in [0.25, 0.3) is 10.9 Å². The van der Waals surface area contributed by atoms with Gasteiger partial charge in [-0.3, -0.25) is 9.59 Å². The Kier molecular flexibility index (Phi) is 11.8. The maximum absolute atomic E-state index is 14.1. The first-order valence-corrected chi connectivity index (χ1v) is 17.5. The summed E-state index contributed by atoms with van der Waals surface area (Å²) >= 11 is 0. The van der Waals surface area contributed by atoms with Gasteiger partial charge in [-0.05, 0) is 95.3 Å². The molecule has 4 rings (SSSR count). The number of sulfonamides is 1. The monoisotopic (exact) mass is 671 g/mol. The number of carbonyl (C=O) groups is 3. The van der Waals surface area contributed by atoms with Crippen molar-refractivity contribution in [3.05, 3.63) is 66.1 Å². The second-order valence-corrected chi connectivity index (χ2v) is 15.0. The summed E-state index contributed by atoms with van der Waals surface area (Å²) in [7, 11) is -3.97. The van der Waals surface area contributed by atoms with Gasteiger partial charge in [0, 0.05) is 36.1 Å². The van der Waals surface area contributed by atoms with E-state index in [1.807, 2.05) is 31.2 Å². The Morgan fingerprint density at radius 1 is 1.09 bits per heavy atom. The Morgan fingerprint density at radius 3 is 2.47 bits per heavy atom. The first kappa shape index (κ1) is 36.0. The Bertz CT molecular complexity index is 1650. The van der Waals surface area contributed by atoms with Gasteiger partial charge >= 0.3 is 5.97 Å². The highest BCUT2D eigenvalue weighted by atomic mass is 32.2. The maximum atomic E-state index is 14.1. The number of piperidine rings is 1. The number of amides is 2. The van der Waals surface area contributed by atoms with Gasteiger partial charge in [0.25, 0.3) is 0 Å². The van der Waals surface area contributed by atoms with E-state index in [1.165, 1.54) is 16.4 Å². The fourth-order valence-corrected chi connectivity index (χ4v) is 7.37. The lowest BCUT2D eigenvalue weighted by Gasteiger charge is -2.33. The number of unbranched alkanes of at least 4 members (excludes halogenated alkanes) is 1. The highest BCUT2D eigenvalue weighted by Crippen LogP contribution is 2.29. The molecule has 1 aliphatic heterocycles. The van der Waals surface area contributed by atoms with E-state index in [1.54, 1.807) is 27.0 Å². The number of ether oxygens (including phenoxy) is 1. The number of para-hydroxylation sites is 1. The zero-order valence-corrected chi connectivity index (χ0v) is 28.2. The zero-order chi connectivity index (χ0) is 34.4. The standard InChI is InChI=1S/C34H46FN5O6S/c1-22(27-20-37-28-12-6-5-11-26(27)28)30(32(42)38-29(13-7-8-18-36)33(43)46-34(2,3)4)39-31(41)23-10-9-19-40(21-23)47(44,45)25-16-14-24(35)15-17-25/h5-6,11-12,14-17,20,22-23,29-30,37H,7-10,13,18-19,21,36H2,1-4H3,(H,38,42)(H,39,41)/t22-,23?,29?,30-/m1/s1. The fourth-order valence-electron chi connectivity index (χ4n) is 5.85. The predicted molar refractivity (Wildman–Crippen MR) is 177 cm³/mol. The summed E-state index contributed by atoms with van der Waals surface area (Å²) in [4.78, 5) is 44.3. The molecule has 1 fully saturated rings. The smallest absolute Gasteiger partial charge is 0.329 e. The average molecular weight is 672 g/mol. The number of esters is 1. The van der Waals surface area contributed by atoms with Crippen molar-refractivity contribution in [2.24, 2.45) is 11.7 Å². The molecule has 2 aromatic carbocycles. The lowest BCUT2D eigenvalue weighted by molar-refractivity contribution is -0.159. The fraction of sp³-hybridized carbons (Fsp3) is 0.500. The second-order valence-electron chi connectivity index (χ2n) is 13.1. The number of benzene rings is 2. The van der Waals surface area contributed by atoms with E-state index in [-0.39, 0.29) is 18.0 Å². The molecule has 1 saturated heterocycles. The van der Waals surface area contributed by atoms with Crippen molar-refractivity contribution in [1.82, 2.24) is 19.9 Å². The topological polar surface area (TPSA) is 164 Å². The molecular weight excluding hydrogens is 625 g/mol. The number of rotatable bonds is 13. The predicted octanol–water partition coefficient (Wildman–Crippen LogP) is 3.95. The number of aromatic nitrogens is 1. The van der Waals surface area contributed by atoms with Crippen LogP contribution >= 0.6 is 0 Å². The summed E-state index contributed by atoms with van der Waals surface area (Å²) in [5.41, 5.74) is 6.55. The van der Waals surface area contributed by atoms with Crippen LogP contribution in [-0.4, -0.2) is 72.8 Å². The number of nitrogens with zero attached hydrogens (tertiary/aromatic N) is 1. The first-order chi connectivity index (χ1) is 22.2. The number of fused-ring (bicyclic) bond motifs is 1. The highest BCUT2D eigenvalue weighted by Gasteiger charge is 2.38. The van der Waals surface area contributed by atoms with Crippen molar-refractivity contribution < 1.29 is 31.9 Å². The summed E-state index contributed by atoms with van der Waals surface area (Å²) < 4.78 is 47.0. The van der Waals surface area contributed by atoms with Crippen LogP contribution in [0.4, 0.5) is 4.39 Å². The number of nitrogens with one attached hydrogen (secondary N) is 3. The van der Waals surface area contributed by atoms with Crippen LogP contribution in [0.1, 0.15) is 71.3 Å². The number of aromatic amines is 1. The third-order valence-corrected chi connectivity index (χ3v) is 10.2. The van der Waals surface area contributed by atoms with E-state index in [9.17, 15) is 27.2 Å². The number of halogens is 1. The van der Waals surface area contributed by atoms with Crippen molar-refractivity contribution in [2.75, 3.05) is 19.6 Å². The molecule has 0 spiro atoms. The van der Waals surface area contributed by atoms with Gasteiger partial charge in [0.15, 0.2) is 0 Å². The molecule has 0 radical (unpaired) electrons. The van der Waals surface area contributed by atoms with Gasteiger partial charge in [0.05, 0.1) is 10.8 Å². The van der Waals surface area contributed by atoms with Gasteiger partial charge in [0.2, 0.25) is 21.8 Å². The SMILES string of the molecule is C[C@H](c1c[nH]c2ccccc12)[C@@H](NC(=O)C1CCCN(S(=O)(=O)c2ccc(F)cc2)C1)C(=O)NC(CCCCN)C(=O)OC(C)(C)C. The Hall–Kier alpha value is -3.81. The highest BCUT2D eigenvalue weighted by molar-refractivity contribution is 7.89. The van der Waals surface area contributed by atoms with Crippen LogP contribution in [0.15, 0.2) is 59.6 Å². The van der Waals surface area contributed by atoms with Crippen molar-refractivity contribution in [3.8, 4) is 0 Å². The molecule has 3 aromatic rings. The summed E-state index contributed by atoms with van der Waals surface area (Å²) in [6, 6.07) is 10.1. The number of carbonyl (C=O) groups excluding carboxylic acids is 3. The van der Waals surface area contributed by atoms with Gasteiger partial charge in [0.1, 0.15) is 23.5 Å². The molecule has 0 bridgehead atoms. The summed E-state index contributed by atoms with van der Waals surface area (Å²) in [6.45, 7) is 7.60. The largest absolute Gasteiger partial charge is 0.458 e. The maximum Gasteiger partial charge on any atom is 0.329 e. The van der Waals surface area contributed by atoms with Crippen LogP contribution in [0.5, 0.6) is 0 Å². The summed E-state index contributed by atoms with van der Waals surface area (Å²) in [5.74, 6) is -3.46. The molecule has 13 heteroatoms. The third kappa shape index (κ3) is 9.17. The quantitative estimate of drug-likeness (QED) is 0.158. The first-order valence-electron chi connectivity index (χ1n) is 16.1. The molecule has 2 unspecified atom stereocenters. The van der Waals surface area contributed by atoms with Crippen LogP contribution in [0, 0.1) is 11.7 Å². The minimum Gasteiger partial charge on any atom is -0.458 e. The molecule has 11 nitrogen and oxygen atoms in total. The molecule has 2 amide bonds. The van der Waals surface area contributed by atoms with Crippen molar-refractivity contribution in [1.29, 1.82) is 0 Å². The normalized spacial score (nSPS) is 17.9. The molecule has 256 valence electrons. The van der Waals surface area contributed by atoms with Gasteiger partial charge in [-0.2, -0.15) is 4.31 Å². The van der Waals surface area contributed by atoms with Crippen molar-refractivity contribution in [2.45, 2.75) is 88.3 Å². The van der Waals surface area contributed by atoms with Gasteiger partial charge in [-0.1, -0.05) is 25.1 Å². The van der Waals surface area contributed by atoms with Gasteiger partial charge in [-0.15, -0.1) is 0 Å². The average Bonchev–Trinajstić information content (AvgIpc) is 3.46. The number of hydrogen-bond donors (Lipinski definition) is 4. The molecule has 0 saturated carbocycles. The molecule has 47 heavy (non-hydrogen) atoms. The van der Waals surface area contributed by atoms with Crippen LogP contribution < -0.4 is 16.4 Å². The lowest BCUT2D eigenvalue weighted by atomic mass is 9.90. The van der Waals surface area contributed by atoms with Gasteiger partial charge < -0.3 is 26.1 Å². The number of H-pyrrole nitrogens is 1. The molecule has 0 aliphatic carbocycles. The third-order valence-electron chi connectivity index (χ3n) is 8.35. The Balaban J connectivity index is 1.59. The van der Waals surface area contributed by atoms with Crippen molar-refractivity contribution in [3.63, 3.8) is 0 Å². The molecule has 5 N–H and O–H groups in total. The molecule has 4 atom stereocenters. The van der Waals surface area contributed by atoms with Crippen LogP contribution in [0.3, 0.4) is 0 Å². The number of hydrogen-bond acceptors (Lipinski definition) is 7. The van der Waals surface area contributed by atoms with Gasteiger partial charge in [-0.25, -0.2) is 17.6 Å².